The highest BCUT2D eigenvalue weighted by Crippen LogP contribution is 2.26. The van der Waals surface area contributed by atoms with Crippen molar-refractivity contribution in [1.82, 2.24) is 0 Å². The summed E-state index contributed by atoms with van der Waals surface area (Å²) >= 11 is 0. The summed E-state index contributed by atoms with van der Waals surface area (Å²) in [6.07, 6.45) is -0.188. The van der Waals surface area contributed by atoms with Gasteiger partial charge in [0.2, 0.25) is 0 Å². The normalized spacial score (nSPS) is 11.1. The van der Waals surface area contributed by atoms with E-state index in [2.05, 4.69) is 0 Å². The molecule has 0 aliphatic rings. The van der Waals surface area contributed by atoms with E-state index in [1.165, 1.54) is 0 Å². The number of fused-ring (bicyclic) bond motifs is 3. The van der Waals surface area contributed by atoms with Crippen LogP contribution in [0, 0.1) is 0 Å². The smallest absolute Gasteiger partial charge is 0.344 e. The predicted molar refractivity (Wildman–Crippen MR) is 86.7 cm³/mol. The predicted octanol–water partition coefficient (Wildman–Crippen LogP) is 3.28. The Morgan fingerprint density at radius 3 is 2.57 bits per heavy atom. The van der Waals surface area contributed by atoms with Crippen LogP contribution in [0.5, 0.6) is 5.75 Å². The molecule has 3 aromatic rings. The lowest BCUT2D eigenvalue weighted by atomic mass is 10.1. The van der Waals surface area contributed by atoms with E-state index >= 15 is 0 Å². The maximum absolute atomic E-state index is 12.0. The van der Waals surface area contributed by atoms with Crippen LogP contribution in [0.2, 0.25) is 0 Å². The molecule has 0 amide bonds. The van der Waals surface area contributed by atoms with Crippen molar-refractivity contribution in [3.05, 3.63) is 52.9 Å². The second kappa shape index (κ2) is 6.12. The number of carbonyl (C=O) groups is 1. The molecule has 0 N–H and O–H groups in total. The van der Waals surface area contributed by atoms with Gasteiger partial charge in [-0.25, -0.2) is 9.59 Å². The summed E-state index contributed by atoms with van der Waals surface area (Å²) in [5.74, 6) is -0.00306. The molecule has 0 atom stereocenters. The Bertz CT molecular complexity index is 923. The number of benzene rings is 2. The summed E-state index contributed by atoms with van der Waals surface area (Å²) in [6, 6.07) is 12.4. The van der Waals surface area contributed by atoms with Gasteiger partial charge in [-0.1, -0.05) is 18.2 Å². The quantitative estimate of drug-likeness (QED) is 0.420. The lowest BCUT2D eigenvalue weighted by Crippen LogP contribution is -2.18. The van der Waals surface area contributed by atoms with Crippen molar-refractivity contribution in [3.8, 4) is 5.75 Å². The fourth-order valence-electron chi connectivity index (χ4n) is 2.39. The molecular formula is C18H16O5. The van der Waals surface area contributed by atoms with Gasteiger partial charge >= 0.3 is 11.6 Å². The summed E-state index contributed by atoms with van der Waals surface area (Å²) in [6.45, 7) is 3.35. The van der Waals surface area contributed by atoms with E-state index in [0.717, 1.165) is 10.8 Å². The first-order chi connectivity index (χ1) is 11.0. The fourth-order valence-corrected chi connectivity index (χ4v) is 2.39. The molecule has 0 unspecified atom stereocenters. The molecule has 3 rings (SSSR count). The Labute approximate surface area is 132 Å². The second-order valence-corrected chi connectivity index (χ2v) is 5.42. The standard InChI is InChI=1S/C18H16O5/c1-11(2)22-17(19)10-21-12-7-8-14-13-5-3-4-6-15(13)18(20)23-16(14)9-12/h3-9,11H,10H2,1-2H3. The zero-order valence-corrected chi connectivity index (χ0v) is 12.9. The van der Waals surface area contributed by atoms with Gasteiger partial charge in [0.25, 0.3) is 0 Å². The molecule has 0 saturated heterocycles. The molecule has 2 aromatic carbocycles. The Morgan fingerprint density at radius 1 is 1.09 bits per heavy atom. The first-order valence-corrected chi connectivity index (χ1v) is 7.32. The molecular weight excluding hydrogens is 296 g/mol. The van der Waals surface area contributed by atoms with Gasteiger partial charge in [-0.15, -0.1) is 0 Å². The van der Waals surface area contributed by atoms with Crippen LogP contribution in [0.4, 0.5) is 0 Å². The molecule has 118 valence electrons. The van der Waals surface area contributed by atoms with Crippen molar-refractivity contribution < 1.29 is 18.7 Å². The number of carbonyl (C=O) groups excluding carboxylic acids is 1. The van der Waals surface area contributed by atoms with Gasteiger partial charge in [0, 0.05) is 11.5 Å². The van der Waals surface area contributed by atoms with Gasteiger partial charge in [0.05, 0.1) is 11.5 Å². The number of rotatable bonds is 4. The van der Waals surface area contributed by atoms with Crippen molar-refractivity contribution in [2.75, 3.05) is 6.61 Å². The number of hydrogen-bond donors (Lipinski definition) is 0. The molecule has 0 aliphatic heterocycles. The zero-order chi connectivity index (χ0) is 16.4. The Hall–Kier alpha value is -2.82. The Balaban J connectivity index is 1.92. The summed E-state index contributed by atoms with van der Waals surface area (Å²) in [4.78, 5) is 23.5. The topological polar surface area (TPSA) is 65.7 Å². The molecule has 0 fully saturated rings. The highest BCUT2D eigenvalue weighted by atomic mass is 16.6. The Kier molecular flexibility index (Phi) is 4.02. The molecule has 0 saturated carbocycles. The molecule has 23 heavy (non-hydrogen) atoms. The van der Waals surface area contributed by atoms with Crippen LogP contribution in [0.25, 0.3) is 21.7 Å². The second-order valence-electron chi connectivity index (χ2n) is 5.42. The maximum atomic E-state index is 12.0. The highest BCUT2D eigenvalue weighted by molar-refractivity contribution is 6.04. The fraction of sp³-hybridized carbons (Fsp3) is 0.222. The highest BCUT2D eigenvalue weighted by Gasteiger charge is 2.10. The van der Waals surface area contributed by atoms with E-state index in [1.54, 1.807) is 38.1 Å². The van der Waals surface area contributed by atoms with Crippen molar-refractivity contribution in [3.63, 3.8) is 0 Å². The van der Waals surface area contributed by atoms with E-state index in [0.29, 0.717) is 16.7 Å². The summed E-state index contributed by atoms with van der Waals surface area (Å²) in [5.41, 5.74) is 0.0212. The minimum absolute atomic E-state index is 0.188. The number of ether oxygens (including phenoxy) is 2. The largest absolute Gasteiger partial charge is 0.482 e. The zero-order valence-electron chi connectivity index (χ0n) is 12.9. The van der Waals surface area contributed by atoms with Crippen LogP contribution in [-0.4, -0.2) is 18.7 Å². The maximum Gasteiger partial charge on any atom is 0.344 e. The van der Waals surface area contributed by atoms with E-state index in [-0.39, 0.29) is 12.7 Å². The Morgan fingerprint density at radius 2 is 1.83 bits per heavy atom. The van der Waals surface area contributed by atoms with Crippen LogP contribution >= 0.6 is 0 Å². The molecule has 0 spiro atoms. The van der Waals surface area contributed by atoms with Crippen LogP contribution in [-0.2, 0) is 9.53 Å². The molecule has 0 aliphatic carbocycles. The van der Waals surface area contributed by atoms with E-state index in [4.69, 9.17) is 13.9 Å². The van der Waals surface area contributed by atoms with E-state index in [9.17, 15) is 9.59 Å². The van der Waals surface area contributed by atoms with Crippen molar-refractivity contribution in [1.29, 1.82) is 0 Å². The summed E-state index contributed by atoms with van der Waals surface area (Å²) in [7, 11) is 0. The third kappa shape index (κ3) is 3.18. The van der Waals surface area contributed by atoms with Crippen molar-refractivity contribution >= 4 is 27.7 Å². The number of esters is 1. The van der Waals surface area contributed by atoms with Gasteiger partial charge in [-0.2, -0.15) is 0 Å². The van der Waals surface area contributed by atoms with Crippen LogP contribution in [0.1, 0.15) is 13.8 Å². The first-order valence-electron chi connectivity index (χ1n) is 7.32. The van der Waals surface area contributed by atoms with Crippen molar-refractivity contribution in [2.24, 2.45) is 0 Å². The van der Waals surface area contributed by atoms with Crippen molar-refractivity contribution in [2.45, 2.75) is 20.0 Å². The SMILES string of the molecule is CC(C)OC(=O)COc1ccc2c(c1)oc(=O)c1ccccc12. The minimum Gasteiger partial charge on any atom is -0.482 e. The van der Waals surface area contributed by atoms with E-state index < -0.39 is 11.6 Å². The summed E-state index contributed by atoms with van der Waals surface area (Å²) in [5, 5.41) is 2.18. The molecule has 5 heteroatoms. The molecule has 0 bridgehead atoms. The van der Waals surface area contributed by atoms with Crippen LogP contribution in [0.15, 0.2) is 51.7 Å². The van der Waals surface area contributed by atoms with Crippen LogP contribution < -0.4 is 10.4 Å². The van der Waals surface area contributed by atoms with Gasteiger partial charge in [-0.05, 0) is 37.4 Å². The lowest BCUT2D eigenvalue weighted by molar-refractivity contribution is -0.149. The number of hydrogen-bond acceptors (Lipinski definition) is 5. The van der Waals surface area contributed by atoms with Gasteiger partial charge < -0.3 is 13.9 Å². The van der Waals surface area contributed by atoms with Gasteiger partial charge in [0.15, 0.2) is 6.61 Å². The minimum atomic E-state index is -0.444. The van der Waals surface area contributed by atoms with E-state index in [1.807, 2.05) is 18.2 Å². The lowest BCUT2D eigenvalue weighted by Gasteiger charge is -2.10. The molecule has 5 nitrogen and oxygen atoms in total. The average molecular weight is 312 g/mol. The molecule has 0 radical (unpaired) electrons. The monoisotopic (exact) mass is 312 g/mol. The molecule has 1 heterocycles. The third-order valence-corrected chi connectivity index (χ3v) is 3.32. The third-order valence-electron chi connectivity index (χ3n) is 3.32. The first kappa shape index (κ1) is 15.1. The van der Waals surface area contributed by atoms with Gasteiger partial charge in [-0.3, -0.25) is 0 Å². The van der Waals surface area contributed by atoms with Gasteiger partial charge in [0.1, 0.15) is 11.3 Å². The molecule has 1 aromatic heterocycles. The summed E-state index contributed by atoms with van der Waals surface area (Å²) < 4.78 is 15.7. The van der Waals surface area contributed by atoms with Crippen LogP contribution in [0.3, 0.4) is 0 Å². The average Bonchev–Trinajstić information content (AvgIpc) is 2.52.